The van der Waals surface area contributed by atoms with Crippen LogP contribution in [0.5, 0.6) is 0 Å². The molecule has 0 aromatic carbocycles. The maximum absolute atomic E-state index is 8.74. The van der Waals surface area contributed by atoms with Crippen molar-refractivity contribution in [2.45, 2.75) is 0 Å². The Hall–Kier alpha value is 0.450. The monoisotopic (exact) mass is 662 g/mol. The van der Waals surface area contributed by atoms with E-state index in [1.807, 2.05) is 0 Å². The molecule has 8 N–H and O–H groups in total. The van der Waals surface area contributed by atoms with Gasteiger partial charge in [-0.2, -0.15) is 33.7 Å². The van der Waals surface area contributed by atoms with Gasteiger partial charge in [-0.3, -0.25) is 27.3 Å². The van der Waals surface area contributed by atoms with Gasteiger partial charge in [0.05, 0.1) is 0 Å². The summed E-state index contributed by atoms with van der Waals surface area (Å²) in [7, 11) is -14.0. The molecule has 0 atom stereocenters. The molecule has 23 heteroatoms. The molecule has 0 saturated heterocycles. The van der Waals surface area contributed by atoms with Crippen molar-refractivity contribution in [1.82, 2.24) is 0 Å². The zero-order valence-electron chi connectivity index (χ0n) is 9.65. The van der Waals surface area contributed by atoms with Gasteiger partial charge in [0.15, 0.2) is 0 Å². The van der Waals surface area contributed by atoms with Gasteiger partial charge in [-0.05, 0) is 0 Å². The smallest absolute Gasteiger partial charge is 0.394 e. The zero-order valence-corrected chi connectivity index (χ0v) is 17.2. The average Bonchev–Trinajstić information content (AvgIpc) is 2.16. The molecule has 0 aliphatic heterocycles. The van der Waals surface area contributed by atoms with Crippen LogP contribution in [0.4, 0.5) is 0 Å². The third-order valence-electron chi connectivity index (χ3n) is 0. The molecule has 23 heavy (non-hydrogen) atoms. The molecule has 0 aliphatic rings. The lowest BCUT2D eigenvalue weighted by Gasteiger charge is -1.68. The van der Waals surface area contributed by atoms with Crippen LogP contribution in [0.2, 0.25) is 0 Å². The first-order chi connectivity index (χ1) is 9.41. The first kappa shape index (κ1) is 43.7. The molecule has 148 valence electrons. The lowest BCUT2D eigenvalue weighted by molar-refractivity contribution is 0.378. The van der Waals surface area contributed by atoms with Crippen LogP contribution in [0.25, 0.3) is 0 Å². The van der Waals surface area contributed by atoms with E-state index in [0.717, 1.165) is 0 Å². The largest absolute Gasteiger partial charge is 0.412 e. The van der Waals surface area contributed by atoms with Gasteiger partial charge in [0, 0.05) is 47.2 Å². The number of hydrogen-bond donors (Lipinski definition) is 6. The molecule has 17 nitrogen and oxygen atoms in total. The van der Waals surface area contributed by atoms with E-state index < -0.39 is 42.8 Å². The minimum Gasteiger partial charge on any atom is -0.412 e. The van der Waals surface area contributed by atoms with Crippen LogP contribution in [0.1, 0.15) is 0 Å². The third-order valence-corrected chi connectivity index (χ3v) is 0. The van der Waals surface area contributed by atoms with Gasteiger partial charge in [-0.25, -0.2) is 0 Å². The summed E-state index contributed by atoms with van der Waals surface area (Å²) in [6, 6.07) is 0. The maximum atomic E-state index is 8.74. The molecule has 0 fully saturated rings. The van der Waals surface area contributed by atoms with Crippen molar-refractivity contribution in [2.24, 2.45) is 0 Å². The minimum absolute atomic E-state index is 0. The van der Waals surface area contributed by atoms with Gasteiger partial charge >= 0.3 is 42.8 Å². The van der Waals surface area contributed by atoms with Crippen molar-refractivity contribution in [3.63, 3.8) is 0 Å². The van der Waals surface area contributed by atoms with Gasteiger partial charge in [0.25, 0.3) is 0 Å². The highest BCUT2D eigenvalue weighted by Gasteiger charge is 1.85. The number of hydrogen-bond acceptors (Lipinski definition) is 10. The van der Waals surface area contributed by atoms with Gasteiger partial charge < -0.3 is 5.48 Å². The molecular formula is H8I2O17S4. The molecular weight excluding hydrogens is 654 g/mol. The Morgan fingerprint density at radius 1 is 0.565 bits per heavy atom. The Labute approximate surface area is 155 Å². The van der Waals surface area contributed by atoms with E-state index >= 15 is 0 Å². The summed E-state index contributed by atoms with van der Waals surface area (Å²) in [4.78, 5) is 14.0. The summed E-state index contributed by atoms with van der Waals surface area (Å²) < 4.78 is 111. The summed E-state index contributed by atoms with van der Waals surface area (Å²) in [6.07, 6.45) is 0. The molecule has 0 aromatic rings. The standard InChI is InChI=1S/I2.3H2O4S.O2S.O2.H2O/c1-2;3*1-5(2,3)4;1-3-2;1-2;/h;3*(H2,1,2,3,4);;;1H2. The van der Waals surface area contributed by atoms with E-state index in [2.05, 4.69) is 37.2 Å². The van der Waals surface area contributed by atoms with E-state index in [1.54, 1.807) is 0 Å². The fourth-order valence-electron chi connectivity index (χ4n) is 0. The molecule has 0 rings (SSSR count). The van der Waals surface area contributed by atoms with Crippen LogP contribution >= 0.6 is 37.2 Å². The predicted molar refractivity (Wildman–Crippen MR) is 89.8 cm³/mol. The van der Waals surface area contributed by atoms with Crippen LogP contribution in [-0.4, -0.2) is 66.5 Å². The summed E-state index contributed by atoms with van der Waals surface area (Å²) in [5.74, 6) is 0. The summed E-state index contributed by atoms with van der Waals surface area (Å²) in [6.45, 7) is 0. The summed E-state index contributed by atoms with van der Waals surface area (Å²) in [5.41, 5.74) is 0. The first-order valence-corrected chi connectivity index (χ1v) is 13.9. The van der Waals surface area contributed by atoms with E-state index in [0.29, 0.717) is 0 Å². The Kier molecular flexibility index (Phi) is 51.8. The van der Waals surface area contributed by atoms with Gasteiger partial charge in [0.1, 0.15) is 0 Å². The second-order valence-corrected chi connectivity index (χ2v) is 4.23. The second-order valence-electron chi connectivity index (χ2n) is 1.41. The fraction of sp³-hybridized carbons (Fsp3) is 0. The van der Waals surface area contributed by atoms with Crippen molar-refractivity contribution >= 4 is 80.0 Å². The van der Waals surface area contributed by atoms with Crippen molar-refractivity contribution in [3.05, 3.63) is 9.93 Å². The van der Waals surface area contributed by atoms with Crippen molar-refractivity contribution < 1.29 is 66.5 Å². The van der Waals surface area contributed by atoms with E-state index in [-0.39, 0.29) is 5.48 Å². The van der Waals surface area contributed by atoms with Crippen molar-refractivity contribution in [1.29, 1.82) is 0 Å². The van der Waals surface area contributed by atoms with Crippen LogP contribution in [-0.2, 0) is 42.8 Å². The molecule has 0 heterocycles. The Bertz CT molecular complexity index is 434. The maximum Gasteiger partial charge on any atom is 0.394 e. The predicted octanol–water partition coefficient (Wildman–Crippen LogP) is -1.61. The molecule has 0 saturated carbocycles. The molecule has 0 spiro atoms. The van der Waals surface area contributed by atoms with Crippen LogP contribution in [0.3, 0.4) is 0 Å². The fourth-order valence-corrected chi connectivity index (χ4v) is 0. The van der Waals surface area contributed by atoms with E-state index in [9.17, 15) is 0 Å². The quantitative estimate of drug-likeness (QED) is 0.125. The average molecular weight is 662 g/mol. The lowest BCUT2D eigenvalue weighted by Crippen LogP contribution is -1.89. The van der Waals surface area contributed by atoms with E-state index in [1.165, 1.54) is 0 Å². The SMILES string of the molecule is II.O.O=O.O=S(=O)(O)O.O=S(=O)(O)O.O=S(=O)(O)O.O=S=O. The third kappa shape index (κ3) is 46400. The van der Waals surface area contributed by atoms with Gasteiger partial charge in [-0.1, -0.05) is 0 Å². The first-order valence-electron chi connectivity index (χ1n) is 2.74. The molecule has 0 radical (unpaired) electrons. The highest BCUT2D eigenvalue weighted by Crippen LogP contribution is 1.89. The second kappa shape index (κ2) is 27.3. The van der Waals surface area contributed by atoms with Gasteiger partial charge in [0.2, 0.25) is 0 Å². The topological polar surface area (TPSA) is 324 Å². The minimum atomic E-state index is -4.67. The van der Waals surface area contributed by atoms with Crippen molar-refractivity contribution in [3.8, 4) is 0 Å². The highest BCUT2D eigenvalue weighted by molar-refractivity contribution is 15.0. The highest BCUT2D eigenvalue weighted by atomic mass is 128. The van der Waals surface area contributed by atoms with Crippen LogP contribution in [0.15, 0.2) is 0 Å². The van der Waals surface area contributed by atoms with Crippen LogP contribution < -0.4 is 0 Å². The summed E-state index contributed by atoms with van der Waals surface area (Å²) >= 11 is 3.49. The lowest BCUT2D eigenvalue weighted by atomic mass is 15.3. The molecule has 0 bridgehead atoms. The summed E-state index contributed by atoms with van der Waals surface area (Å²) in [5, 5.41) is 0. The molecule has 0 aromatic heterocycles. The van der Waals surface area contributed by atoms with Crippen LogP contribution in [0, 0.1) is 9.93 Å². The number of halogens is 2. The number of rotatable bonds is 0. The molecule has 0 amide bonds. The molecule has 0 unspecified atom stereocenters. The zero-order chi connectivity index (χ0) is 20.2. The normalized spacial score (nSPS) is 8.52. The Morgan fingerprint density at radius 2 is 0.565 bits per heavy atom. The Balaban J connectivity index is -0.0000000276. The Morgan fingerprint density at radius 3 is 0.565 bits per heavy atom. The van der Waals surface area contributed by atoms with Gasteiger partial charge in [-0.15, -0.1) is 0 Å². The van der Waals surface area contributed by atoms with Crippen molar-refractivity contribution in [2.75, 3.05) is 0 Å². The molecule has 0 aliphatic carbocycles. The van der Waals surface area contributed by atoms with E-state index in [4.69, 9.17) is 70.9 Å².